The van der Waals surface area contributed by atoms with Crippen LogP contribution in [-0.4, -0.2) is 12.1 Å². The summed E-state index contributed by atoms with van der Waals surface area (Å²) in [5.74, 6) is 0.619. The largest absolute Gasteiger partial charge is 0.491 e. The van der Waals surface area contributed by atoms with Crippen molar-refractivity contribution in [2.45, 2.75) is 57.9 Å². The topological polar surface area (TPSA) is 45.0 Å². The number of nitrogens with one attached hydrogen (secondary N) is 1. The van der Waals surface area contributed by atoms with Crippen LogP contribution in [0.25, 0.3) is 0 Å². The third-order valence-electron chi connectivity index (χ3n) is 4.63. The number of benzene rings is 1. The molecule has 0 saturated heterocycles. The Morgan fingerprint density at radius 2 is 1.96 bits per heavy atom. The van der Waals surface area contributed by atoms with Gasteiger partial charge in [0.25, 0.3) is 0 Å². The molecule has 6 heteroatoms. The average Bonchev–Trinajstić information content (AvgIpc) is 2.62. The molecule has 0 atom stereocenters. The molecule has 0 spiro atoms. The summed E-state index contributed by atoms with van der Waals surface area (Å²) in [5, 5.41) is 12.0. The lowest BCUT2D eigenvalue weighted by Gasteiger charge is -2.30. The van der Waals surface area contributed by atoms with E-state index in [9.17, 15) is 13.2 Å². The highest BCUT2D eigenvalue weighted by Gasteiger charge is 2.34. The number of anilines is 1. The number of allylic oxidation sites excluding steroid dienone is 4. The van der Waals surface area contributed by atoms with Crippen LogP contribution in [0.5, 0.6) is 0 Å². The highest BCUT2D eigenvalue weighted by Crippen LogP contribution is 2.34. The predicted molar refractivity (Wildman–Crippen MR) is 105 cm³/mol. The molecule has 1 fully saturated rings. The van der Waals surface area contributed by atoms with Crippen LogP contribution < -0.4 is 5.32 Å². The fourth-order valence-corrected chi connectivity index (χ4v) is 3.34. The number of nitriles is 1. The SMILES string of the molecule is C=C(/C=C(C)\C=C/C)OC1CCC(Nc2ccc(C#N)c(C(F)(F)F)c2)CC1. The van der Waals surface area contributed by atoms with Crippen LogP contribution in [0.15, 0.2) is 54.3 Å². The summed E-state index contributed by atoms with van der Waals surface area (Å²) >= 11 is 0. The highest BCUT2D eigenvalue weighted by atomic mass is 19.4. The van der Waals surface area contributed by atoms with Crippen LogP contribution in [0.2, 0.25) is 0 Å². The number of nitrogens with zero attached hydrogens (tertiary/aromatic N) is 1. The number of alkyl halides is 3. The van der Waals surface area contributed by atoms with Crippen LogP contribution in [0.1, 0.15) is 50.7 Å². The molecule has 1 saturated carbocycles. The van der Waals surface area contributed by atoms with Crippen molar-refractivity contribution in [2.75, 3.05) is 5.32 Å². The van der Waals surface area contributed by atoms with Gasteiger partial charge >= 0.3 is 6.18 Å². The van der Waals surface area contributed by atoms with E-state index < -0.39 is 11.7 Å². The predicted octanol–water partition coefficient (Wildman–Crippen LogP) is 6.35. The van der Waals surface area contributed by atoms with E-state index in [1.54, 1.807) is 6.07 Å². The third-order valence-corrected chi connectivity index (χ3v) is 4.63. The molecule has 0 unspecified atom stereocenters. The second kappa shape index (κ2) is 9.50. The molecule has 1 aromatic rings. The summed E-state index contributed by atoms with van der Waals surface area (Å²) in [7, 11) is 0. The van der Waals surface area contributed by atoms with Gasteiger partial charge in [-0.25, -0.2) is 0 Å². The molecule has 3 nitrogen and oxygen atoms in total. The zero-order valence-corrected chi connectivity index (χ0v) is 16.1. The monoisotopic (exact) mass is 390 g/mol. The molecular weight excluding hydrogens is 365 g/mol. The zero-order chi connectivity index (χ0) is 20.7. The normalized spacial score (nSPS) is 20.6. The molecule has 1 aliphatic rings. The fourth-order valence-electron chi connectivity index (χ4n) is 3.34. The summed E-state index contributed by atoms with van der Waals surface area (Å²) in [6, 6.07) is 5.41. The Morgan fingerprint density at radius 3 is 2.54 bits per heavy atom. The Morgan fingerprint density at radius 1 is 1.29 bits per heavy atom. The lowest BCUT2D eigenvalue weighted by molar-refractivity contribution is -0.137. The average molecular weight is 390 g/mol. The molecule has 0 heterocycles. The maximum atomic E-state index is 13.1. The van der Waals surface area contributed by atoms with Crippen LogP contribution >= 0.6 is 0 Å². The molecule has 0 aliphatic heterocycles. The van der Waals surface area contributed by atoms with Gasteiger partial charge in [0.15, 0.2) is 0 Å². The van der Waals surface area contributed by atoms with E-state index in [4.69, 9.17) is 10.00 Å². The molecule has 0 amide bonds. The van der Waals surface area contributed by atoms with Crippen LogP contribution in [0, 0.1) is 11.3 Å². The van der Waals surface area contributed by atoms with Crippen LogP contribution in [-0.2, 0) is 10.9 Å². The standard InChI is InChI=1S/C22H25F3N2O/c1-4-5-15(2)12-16(3)28-20-10-8-18(9-11-20)27-19-7-6-17(14-26)21(13-19)22(23,24)25/h4-7,12-13,18,20,27H,3,8-11H2,1-2H3/b5-4-,15-12-. The van der Waals surface area contributed by atoms with Gasteiger partial charge in [0, 0.05) is 11.7 Å². The van der Waals surface area contributed by atoms with Crippen molar-refractivity contribution in [3.05, 3.63) is 65.5 Å². The Kier molecular flexibility index (Phi) is 7.33. The number of ether oxygens (including phenoxy) is 1. The molecule has 1 aliphatic carbocycles. The first-order chi connectivity index (χ1) is 13.2. The summed E-state index contributed by atoms with van der Waals surface area (Å²) in [4.78, 5) is 0. The third kappa shape index (κ3) is 6.19. The van der Waals surface area contributed by atoms with Crippen molar-refractivity contribution in [1.29, 1.82) is 5.26 Å². The summed E-state index contributed by atoms with van der Waals surface area (Å²) in [6.45, 7) is 7.85. The molecule has 28 heavy (non-hydrogen) atoms. The van der Waals surface area contributed by atoms with Crippen LogP contribution in [0.4, 0.5) is 18.9 Å². The second-order valence-electron chi connectivity index (χ2n) is 6.96. The summed E-state index contributed by atoms with van der Waals surface area (Å²) in [5.41, 5.74) is 0.167. The van der Waals surface area contributed by atoms with Crippen molar-refractivity contribution in [3.63, 3.8) is 0 Å². The highest BCUT2D eigenvalue weighted by molar-refractivity contribution is 5.53. The Bertz CT molecular complexity index is 795. The summed E-state index contributed by atoms with van der Waals surface area (Å²) in [6.07, 6.45) is 4.50. The van der Waals surface area contributed by atoms with Gasteiger partial charge in [0.05, 0.1) is 23.3 Å². The van der Waals surface area contributed by atoms with Gasteiger partial charge in [0.2, 0.25) is 0 Å². The maximum Gasteiger partial charge on any atom is 0.417 e. The molecule has 2 rings (SSSR count). The van der Waals surface area contributed by atoms with Gasteiger partial charge < -0.3 is 10.1 Å². The van der Waals surface area contributed by atoms with Gasteiger partial charge in [-0.2, -0.15) is 18.4 Å². The fraction of sp³-hybridized carbons (Fsp3) is 0.409. The van der Waals surface area contributed by atoms with Gasteiger partial charge in [-0.3, -0.25) is 0 Å². The molecule has 1 aromatic carbocycles. The van der Waals surface area contributed by atoms with Crippen molar-refractivity contribution in [3.8, 4) is 6.07 Å². The zero-order valence-electron chi connectivity index (χ0n) is 16.1. The Balaban J connectivity index is 1.92. The quantitative estimate of drug-likeness (QED) is 0.454. The minimum atomic E-state index is -4.55. The van der Waals surface area contributed by atoms with Gasteiger partial charge in [-0.1, -0.05) is 18.7 Å². The van der Waals surface area contributed by atoms with E-state index in [-0.39, 0.29) is 17.7 Å². The van der Waals surface area contributed by atoms with E-state index in [0.717, 1.165) is 37.3 Å². The molecule has 0 bridgehead atoms. The minimum absolute atomic E-state index is 0.0620. The maximum absolute atomic E-state index is 13.1. The van der Waals surface area contributed by atoms with E-state index in [1.807, 2.05) is 32.1 Å². The lowest BCUT2D eigenvalue weighted by atomic mass is 9.92. The number of hydrogen-bond acceptors (Lipinski definition) is 3. The number of hydrogen-bond donors (Lipinski definition) is 1. The Labute approximate surface area is 164 Å². The van der Waals surface area contributed by atoms with Crippen molar-refractivity contribution in [2.24, 2.45) is 0 Å². The first kappa shape index (κ1) is 21.6. The minimum Gasteiger partial charge on any atom is -0.491 e. The first-order valence-electron chi connectivity index (χ1n) is 9.27. The van der Waals surface area contributed by atoms with E-state index in [0.29, 0.717) is 11.4 Å². The van der Waals surface area contributed by atoms with Crippen molar-refractivity contribution >= 4 is 5.69 Å². The smallest absolute Gasteiger partial charge is 0.417 e. The second-order valence-corrected chi connectivity index (χ2v) is 6.96. The molecule has 0 aromatic heterocycles. The van der Waals surface area contributed by atoms with Gasteiger partial charge in [-0.05, 0) is 69.4 Å². The van der Waals surface area contributed by atoms with E-state index in [1.165, 1.54) is 12.1 Å². The van der Waals surface area contributed by atoms with Gasteiger partial charge in [-0.15, -0.1) is 0 Å². The summed E-state index contributed by atoms with van der Waals surface area (Å²) < 4.78 is 45.2. The van der Waals surface area contributed by atoms with E-state index in [2.05, 4.69) is 11.9 Å². The lowest BCUT2D eigenvalue weighted by Crippen LogP contribution is -2.29. The molecule has 0 radical (unpaired) electrons. The van der Waals surface area contributed by atoms with Crippen molar-refractivity contribution in [1.82, 2.24) is 0 Å². The molecule has 150 valence electrons. The molecular formula is C22H25F3N2O. The van der Waals surface area contributed by atoms with E-state index >= 15 is 0 Å². The number of rotatable bonds is 6. The Hall–Kier alpha value is -2.68. The first-order valence-corrected chi connectivity index (χ1v) is 9.27. The van der Waals surface area contributed by atoms with Crippen molar-refractivity contribution < 1.29 is 17.9 Å². The van der Waals surface area contributed by atoms with Crippen LogP contribution in [0.3, 0.4) is 0 Å². The number of halogens is 3. The van der Waals surface area contributed by atoms with Gasteiger partial charge in [0.1, 0.15) is 5.76 Å². The molecule has 1 N–H and O–H groups in total.